The predicted octanol–water partition coefficient (Wildman–Crippen LogP) is 5.53. The van der Waals surface area contributed by atoms with Crippen molar-refractivity contribution >= 4 is 22.0 Å². The zero-order chi connectivity index (χ0) is 15.3. The number of aliphatic hydroxyl groups is 1. The second-order valence-corrected chi connectivity index (χ2v) is 6.07. The molecule has 0 saturated heterocycles. The molecular formula is C18H26BrNO. The Balaban J connectivity index is 2.17. The van der Waals surface area contributed by atoms with E-state index in [9.17, 15) is 5.11 Å². The molecule has 0 saturated carbocycles. The molecule has 1 atom stereocenters. The van der Waals surface area contributed by atoms with Crippen LogP contribution >= 0.6 is 15.9 Å². The Labute approximate surface area is 137 Å². The molecule has 116 valence electrons. The van der Waals surface area contributed by atoms with E-state index in [0.29, 0.717) is 0 Å². The normalized spacial score (nSPS) is 13.3. The SMILES string of the molecule is CCCCCCCCC(O)/C=C/C=C/c1cccc(Br)n1. The molecule has 1 heterocycles. The first-order valence-electron chi connectivity index (χ1n) is 7.88. The minimum absolute atomic E-state index is 0.337. The van der Waals surface area contributed by atoms with E-state index in [4.69, 9.17) is 0 Å². The van der Waals surface area contributed by atoms with E-state index in [1.807, 2.05) is 42.5 Å². The van der Waals surface area contributed by atoms with Gasteiger partial charge in [-0.1, -0.05) is 69.7 Å². The van der Waals surface area contributed by atoms with Gasteiger partial charge in [-0.25, -0.2) is 4.98 Å². The lowest BCUT2D eigenvalue weighted by molar-refractivity contribution is 0.208. The lowest BCUT2D eigenvalue weighted by Crippen LogP contribution is -2.01. The van der Waals surface area contributed by atoms with Crippen molar-refractivity contribution in [1.29, 1.82) is 0 Å². The van der Waals surface area contributed by atoms with Crippen LogP contribution in [0, 0.1) is 0 Å². The van der Waals surface area contributed by atoms with Crippen LogP contribution in [0.15, 0.2) is 41.0 Å². The van der Waals surface area contributed by atoms with Crippen molar-refractivity contribution in [3.05, 3.63) is 46.7 Å². The van der Waals surface area contributed by atoms with Crippen LogP contribution in [0.4, 0.5) is 0 Å². The van der Waals surface area contributed by atoms with Gasteiger partial charge in [0.1, 0.15) is 4.60 Å². The summed E-state index contributed by atoms with van der Waals surface area (Å²) in [6.07, 6.45) is 15.7. The number of hydrogen-bond donors (Lipinski definition) is 1. The number of aromatic nitrogens is 1. The minimum atomic E-state index is -0.337. The third-order valence-corrected chi connectivity index (χ3v) is 3.74. The Morgan fingerprint density at radius 2 is 1.90 bits per heavy atom. The summed E-state index contributed by atoms with van der Waals surface area (Å²) < 4.78 is 0.830. The molecule has 1 rings (SSSR count). The number of allylic oxidation sites excluding steroid dienone is 2. The molecule has 0 aliphatic heterocycles. The van der Waals surface area contributed by atoms with Gasteiger partial charge in [-0.15, -0.1) is 0 Å². The molecule has 0 fully saturated rings. The third-order valence-electron chi connectivity index (χ3n) is 3.30. The molecule has 0 bridgehead atoms. The molecule has 0 amide bonds. The van der Waals surface area contributed by atoms with Crippen molar-refractivity contribution in [3.63, 3.8) is 0 Å². The second-order valence-electron chi connectivity index (χ2n) is 5.25. The van der Waals surface area contributed by atoms with Crippen molar-refractivity contribution in [2.45, 2.75) is 58.0 Å². The van der Waals surface area contributed by atoms with Crippen LogP contribution in [0.25, 0.3) is 6.08 Å². The highest BCUT2D eigenvalue weighted by Gasteiger charge is 1.98. The fourth-order valence-electron chi connectivity index (χ4n) is 2.09. The van der Waals surface area contributed by atoms with Crippen molar-refractivity contribution < 1.29 is 5.11 Å². The summed E-state index contributed by atoms with van der Waals surface area (Å²) in [6, 6.07) is 5.80. The van der Waals surface area contributed by atoms with E-state index >= 15 is 0 Å². The highest BCUT2D eigenvalue weighted by molar-refractivity contribution is 9.10. The summed E-state index contributed by atoms with van der Waals surface area (Å²) in [6.45, 7) is 2.23. The quantitative estimate of drug-likeness (QED) is 0.341. The molecule has 21 heavy (non-hydrogen) atoms. The standard InChI is InChI=1S/C18H26BrNO/c1-2-3-4-5-6-7-13-17(21)14-9-8-11-16-12-10-15-18(19)20-16/h8-12,14-15,17,21H,2-7,13H2,1H3/b11-8+,14-9+. The number of nitrogens with zero attached hydrogens (tertiary/aromatic N) is 1. The smallest absolute Gasteiger partial charge is 0.106 e. The first-order valence-corrected chi connectivity index (χ1v) is 8.67. The molecule has 2 nitrogen and oxygen atoms in total. The van der Waals surface area contributed by atoms with Crippen molar-refractivity contribution in [3.8, 4) is 0 Å². The van der Waals surface area contributed by atoms with Gasteiger partial charge in [-0.2, -0.15) is 0 Å². The Morgan fingerprint density at radius 3 is 2.67 bits per heavy atom. The number of hydrogen-bond acceptors (Lipinski definition) is 2. The number of rotatable bonds is 10. The Hall–Kier alpha value is -0.930. The lowest BCUT2D eigenvalue weighted by atomic mass is 10.1. The summed E-state index contributed by atoms with van der Waals surface area (Å²) in [5.74, 6) is 0. The number of pyridine rings is 1. The molecule has 0 aliphatic rings. The fraction of sp³-hybridized carbons (Fsp3) is 0.500. The van der Waals surface area contributed by atoms with Crippen molar-refractivity contribution in [1.82, 2.24) is 4.98 Å². The third kappa shape index (κ3) is 9.59. The monoisotopic (exact) mass is 351 g/mol. The van der Waals surface area contributed by atoms with Crippen LogP contribution < -0.4 is 0 Å². The molecule has 0 aromatic carbocycles. The molecule has 1 aromatic rings. The average Bonchev–Trinajstić information content (AvgIpc) is 2.47. The number of halogens is 1. The molecule has 0 radical (unpaired) electrons. The van der Waals surface area contributed by atoms with Gasteiger partial charge in [0, 0.05) is 0 Å². The van der Waals surface area contributed by atoms with Crippen LogP contribution in [0.2, 0.25) is 0 Å². The highest BCUT2D eigenvalue weighted by Crippen LogP contribution is 2.10. The van der Waals surface area contributed by atoms with Gasteiger partial charge in [0.2, 0.25) is 0 Å². The van der Waals surface area contributed by atoms with Gasteiger partial charge in [0.25, 0.3) is 0 Å². The lowest BCUT2D eigenvalue weighted by Gasteiger charge is -2.04. The maximum absolute atomic E-state index is 9.85. The summed E-state index contributed by atoms with van der Waals surface area (Å²) in [4.78, 5) is 4.31. The van der Waals surface area contributed by atoms with Gasteiger partial charge >= 0.3 is 0 Å². The van der Waals surface area contributed by atoms with Gasteiger partial charge in [-0.3, -0.25) is 0 Å². The van der Waals surface area contributed by atoms with Crippen LogP contribution in [0.1, 0.15) is 57.6 Å². The number of aliphatic hydroxyl groups excluding tert-OH is 1. The van der Waals surface area contributed by atoms with E-state index < -0.39 is 0 Å². The Morgan fingerprint density at radius 1 is 1.14 bits per heavy atom. The van der Waals surface area contributed by atoms with Crippen molar-refractivity contribution in [2.24, 2.45) is 0 Å². The van der Waals surface area contributed by atoms with Crippen LogP contribution in [0.3, 0.4) is 0 Å². The maximum Gasteiger partial charge on any atom is 0.106 e. The predicted molar refractivity (Wildman–Crippen MR) is 94.1 cm³/mol. The minimum Gasteiger partial charge on any atom is -0.389 e. The summed E-state index contributed by atoms with van der Waals surface area (Å²) in [5, 5.41) is 9.85. The molecular weight excluding hydrogens is 326 g/mol. The van der Waals surface area contributed by atoms with Gasteiger partial charge in [-0.05, 0) is 40.6 Å². The van der Waals surface area contributed by atoms with E-state index in [0.717, 1.165) is 23.1 Å². The Kier molecular flexibility index (Phi) is 10.1. The molecule has 3 heteroatoms. The van der Waals surface area contributed by atoms with E-state index in [-0.39, 0.29) is 6.10 Å². The number of unbranched alkanes of at least 4 members (excludes halogenated alkanes) is 5. The molecule has 0 aliphatic carbocycles. The topological polar surface area (TPSA) is 33.1 Å². The second kappa shape index (κ2) is 11.7. The fourth-order valence-corrected chi connectivity index (χ4v) is 2.45. The Bertz CT molecular complexity index is 443. The average molecular weight is 352 g/mol. The summed E-state index contributed by atoms with van der Waals surface area (Å²) >= 11 is 3.34. The van der Waals surface area contributed by atoms with E-state index in [1.54, 1.807) is 0 Å². The van der Waals surface area contributed by atoms with Gasteiger partial charge < -0.3 is 5.11 Å². The largest absolute Gasteiger partial charge is 0.389 e. The van der Waals surface area contributed by atoms with E-state index in [2.05, 4.69) is 27.8 Å². The molecule has 1 aromatic heterocycles. The van der Waals surface area contributed by atoms with Gasteiger partial charge in [0.05, 0.1) is 11.8 Å². The van der Waals surface area contributed by atoms with E-state index in [1.165, 1.54) is 32.1 Å². The van der Waals surface area contributed by atoms with Crippen LogP contribution in [-0.4, -0.2) is 16.2 Å². The molecule has 0 spiro atoms. The zero-order valence-corrected chi connectivity index (χ0v) is 14.4. The van der Waals surface area contributed by atoms with Crippen LogP contribution in [0.5, 0.6) is 0 Å². The molecule has 1 N–H and O–H groups in total. The summed E-state index contributed by atoms with van der Waals surface area (Å²) in [7, 11) is 0. The van der Waals surface area contributed by atoms with Crippen LogP contribution in [-0.2, 0) is 0 Å². The van der Waals surface area contributed by atoms with Crippen molar-refractivity contribution in [2.75, 3.05) is 0 Å². The highest BCUT2D eigenvalue weighted by atomic mass is 79.9. The zero-order valence-electron chi connectivity index (χ0n) is 12.8. The van der Waals surface area contributed by atoms with Gasteiger partial charge in [0.15, 0.2) is 0 Å². The first kappa shape index (κ1) is 18.1. The maximum atomic E-state index is 9.85. The molecule has 1 unspecified atom stereocenters. The summed E-state index contributed by atoms with van der Waals surface area (Å²) in [5.41, 5.74) is 0.902. The first-order chi connectivity index (χ1) is 10.2.